The largest absolute Gasteiger partial charge is 0.354 e. The van der Waals surface area contributed by atoms with Gasteiger partial charge in [-0.05, 0) is 38.2 Å². The highest BCUT2D eigenvalue weighted by Gasteiger charge is 2.45. The molecular weight excluding hydrogens is 342 g/mol. The van der Waals surface area contributed by atoms with Gasteiger partial charge in [0.15, 0.2) is 11.8 Å². The van der Waals surface area contributed by atoms with Crippen molar-refractivity contribution in [2.45, 2.75) is 31.2 Å². The lowest BCUT2D eigenvalue weighted by molar-refractivity contribution is -0.123. The van der Waals surface area contributed by atoms with Gasteiger partial charge in [0, 0.05) is 19.2 Å². The summed E-state index contributed by atoms with van der Waals surface area (Å²) in [4.78, 5) is 27.2. The van der Waals surface area contributed by atoms with Crippen LogP contribution in [0.1, 0.15) is 30.6 Å². The molecule has 0 radical (unpaired) electrons. The number of benzene rings is 1. The van der Waals surface area contributed by atoms with Crippen molar-refractivity contribution in [2.24, 2.45) is 0 Å². The number of ketones is 1. The molecule has 1 aliphatic rings. The maximum Gasteiger partial charge on any atom is 0.246 e. The molecular formula is C17H25N3O4S. The Morgan fingerprint density at radius 1 is 1.24 bits per heavy atom. The lowest BCUT2D eigenvalue weighted by atomic mass is 10.0. The number of likely N-dealkylation sites (N-methyl/N-ethyl adjacent to an activating group) is 1. The molecule has 0 saturated carbocycles. The minimum atomic E-state index is -3.86. The van der Waals surface area contributed by atoms with Crippen molar-refractivity contribution in [2.75, 3.05) is 33.2 Å². The van der Waals surface area contributed by atoms with Crippen LogP contribution in [-0.4, -0.2) is 68.6 Å². The Morgan fingerprint density at radius 2 is 1.88 bits per heavy atom. The summed E-state index contributed by atoms with van der Waals surface area (Å²) < 4.78 is 26.0. The number of carbonyl (C=O) groups excluding carboxylic acids is 2. The van der Waals surface area contributed by atoms with E-state index in [-0.39, 0.29) is 10.5 Å². The second kappa shape index (κ2) is 8.07. The summed E-state index contributed by atoms with van der Waals surface area (Å²) in [6, 6.07) is 4.63. The minimum absolute atomic E-state index is 0.0481. The van der Waals surface area contributed by atoms with Crippen molar-refractivity contribution >= 4 is 21.7 Å². The van der Waals surface area contributed by atoms with Crippen molar-refractivity contribution in [3.8, 4) is 0 Å². The molecule has 0 saturated heterocycles. The Morgan fingerprint density at radius 3 is 2.52 bits per heavy atom. The second-order valence-electron chi connectivity index (χ2n) is 5.96. The summed E-state index contributed by atoms with van der Waals surface area (Å²) in [5.41, 5.74) is 0.0730. The van der Waals surface area contributed by atoms with Crippen molar-refractivity contribution in [3.63, 3.8) is 0 Å². The number of hydrogen-bond donors (Lipinski definition) is 1. The van der Waals surface area contributed by atoms with E-state index in [0.29, 0.717) is 6.54 Å². The molecule has 0 fully saturated rings. The average molecular weight is 367 g/mol. The molecule has 0 spiro atoms. The third-order valence-corrected chi connectivity index (χ3v) is 6.40. The van der Waals surface area contributed by atoms with E-state index in [0.717, 1.165) is 30.4 Å². The van der Waals surface area contributed by atoms with Crippen LogP contribution in [0.5, 0.6) is 0 Å². The summed E-state index contributed by atoms with van der Waals surface area (Å²) in [6.45, 7) is 7.24. The topological polar surface area (TPSA) is 86.8 Å². The van der Waals surface area contributed by atoms with Crippen molar-refractivity contribution in [1.29, 1.82) is 0 Å². The number of Topliss-reactive ketones (excluding diaryl/α,β-unsaturated/α-hetero) is 1. The fourth-order valence-electron chi connectivity index (χ4n) is 2.94. The van der Waals surface area contributed by atoms with Crippen LogP contribution < -0.4 is 5.32 Å². The zero-order chi connectivity index (χ0) is 18.6. The fraction of sp³-hybridized carbons (Fsp3) is 0.529. The number of amides is 1. The normalized spacial score (nSPS) is 19.7. The molecule has 0 aromatic heterocycles. The first-order chi connectivity index (χ1) is 11.8. The SMILES string of the molecule is CCN(CC)CCCNC(=O)C1C(=O)c2ccccc2S(=O)(=O)N1C. The first-order valence-corrected chi connectivity index (χ1v) is 9.89. The van der Waals surface area contributed by atoms with Crippen molar-refractivity contribution in [3.05, 3.63) is 29.8 Å². The summed E-state index contributed by atoms with van der Waals surface area (Å²) in [7, 11) is -2.59. The van der Waals surface area contributed by atoms with E-state index in [2.05, 4.69) is 24.1 Å². The molecule has 7 nitrogen and oxygen atoms in total. The number of nitrogens with zero attached hydrogens (tertiary/aromatic N) is 2. The molecule has 1 aliphatic heterocycles. The van der Waals surface area contributed by atoms with Crippen LogP contribution in [0, 0.1) is 0 Å². The molecule has 1 atom stereocenters. The molecule has 138 valence electrons. The van der Waals surface area contributed by atoms with Gasteiger partial charge in [-0.3, -0.25) is 9.59 Å². The van der Waals surface area contributed by atoms with E-state index in [1.54, 1.807) is 12.1 Å². The third kappa shape index (κ3) is 3.91. The number of rotatable bonds is 7. The van der Waals surface area contributed by atoms with Crippen LogP contribution in [0.25, 0.3) is 0 Å². The zero-order valence-corrected chi connectivity index (χ0v) is 15.7. The molecule has 1 heterocycles. The van der Waals surface area contributed by atoms with Gasteiger partial charge in [0.05, 0.1) is 4.90 Å². The van der Waals surface area contributed by atoms with E-state index < -0.39 is 27.8 Å². The Bertz CT molecular complexity index is 744. The maximum atomic E-state index is 12.6. The van der Waals surface area contributed by atoms with Gasteiger partial charge in [-0.15, -0.1) is 0 Å². The number of sulfonamides is 1. The number of hydrogen-bond acceptors (Lipinski definition) is 5. The Hall–Kier alpha value is -1.77. The maximum absolute atomic E-state index is 12.6. The van der Waals surface area contributed by atoms with Crippen LogP contribution in [0.15, 0.2) is 29.2 Å². The number of fused-ring (bicyclic) bond motifs is 1. The molecule has 1 N–H and O–H groups in total. The Kier molecular flexibility index (Phi) is 6.31. The second-order valence-corrected chi connectivity index (χ2v) is 7.92. The highest BCUT2D eigenvalue weighted by molar-refractivity contribution is 7.89. The van der Waals surface area contributed by atoms with Crippen molar-refractivity contribution < 1.29 is 18.0 Å². The van der Waals surface area contributed by atoms with Gasteiger partial charge < -0.3 is 10.2 Å². The van der Waals surface area contributed by atoms with Crippen LogP contribution in [0.4, 0.5) is 0 Å². The van der Waals surface area contributed by atoms with Crippen LogP contribution in [0.3, 0.4) is 0 Å². The molecule has 0 bridgehead atoms. The summed E-state index contributed by atoms with van der Waals surface area (Å²) in [6.07, 6.45) is 0.737. The standard InChI is InChI=1S/C17H25N3O4S/c1-4-20(5-2)12-8-11-18-17(22)15-16(21)13-9-6-7-10-14(13)25(23,24)19(15)3/h6-7,9-10,15H,4-5,8,11-12H2,1-3H3,(H,18,22). The van der Waals surface area contributed by atoms with Crippen molar-refractivity contribution in [1.82, 2.24) is 14.5 Å². The van der Waals surface area contributed by atoms with Gasteiger partial charge in [0.2, 0.25) is 15.9 Å². The molecule has 1 unspecified atom stereocenters. The van der Waals surface area contributed by atoms with Gasteiger partial charge in [0.1, 0.15) is 0 Å². The van der Waals surface area contributed by atoms with E-state index >= 15 is 0 Å². The molecule has 2 rings (SSSR count). The van der Waals surface area contributed by atoms with Crippen LogP contribution in [-0.2, 0) is 14.8 Å². The van der Waals surface area contributed by atoms with E-state index in [1.165, 1.54) is 19.2 Å². The number of nitrogens with one attached hydrogen (secondary N) is 1. The van der Waals surface area contributed by atoms with E-state index in [4.69, 9.17) is 0 Å². The lowest BCUT2D eigenvalue weighted by Crippen LogP contribution is -2.55. The van der Waals surface area contributed by atoms with Gasteiger partial charge in [-0.25, -0.2) is 8.42 Å². The highest BCUT2D eigenvalue weighted by Crippen LogP contribution is 2.28. The van der Waals surface area contributed by atoms with Gasteiger partial charge in [0.25, 0.3) is 0 Å². The van der Waals surface area contributed by atoms with Gasteiger partial charge >= 0.3 is 0 Å². The summed E-state index contributed by atoms with van der Waals surface area (Å²) >= 11 is 0. The molecule has 25 heavy (non-hydrogen) atoms. The Labute approximate surface area is 149 Å². The predicted octanol–water partition coefficient (Wildman–Crippen LogP) is 0.720. The monoisotopic (exact) mass is 367 g/mol. The fourth-order valence-corrected chi connectivity index (χ4v) is 4.41. The molecule has 1 aromatic carbocycles. The smallest absolute Gasteiger partial charge is 0.246 e. The van der Waals surface area contributed by atoms with E-state index in [1.807, 2.05) is 0 Å². The minimum Gasteiger partial charge on any atom is -0.354 e. The van der Waals surface area contributed by atoms with Gasteiger partial charge in [-0.2, -0.15) is 4.31 Å². The molecule has 1 amide bonds. The quantitative estimate of drug-likeness (QED) is 0.567. The predicted molar refractivity (Wildman–Crippen MR) is 94.9 cm³/mol. The van der Waals surface area contributed by atoms with Crippen LogP contribution in [0.2, 0.25) is 0 Å². The highest BCUT2D eigenvalue weighted by atomic mass is 32.2. The zero-order valence-electron chi connectivity index (χ0n) is 14.9. The van der Waals surface area contributed by atoms with E-state index in [9.17, 15) is 18.0 Å². The number of carbonyl (C=O) groups is 2. The summed E-state index contributed by atoms with van der Waals surface area (Å²) in [5.74, 6) is -1.07. The third-order valence-electron chi connectivity index (χ3n) is 4.51. The van der Waals surface area contributed by atoms with Crippen LogP contribution >= 0.6 is 0 Å². The average Bonchev–Trinajstić information content (AvgIpc) is 2.61. The molecule has 0 aliphatic carbocycles. The first-order valence-electron chi connectivity index (χ1n) is 8.45. The van der Waals surface area contributed by atoms with Gasteiger partial charge in [-0.1, -0.05) is 26.0 Å². The Balaban J connectivity index is 2.09. The molecule has 1 aromatic rings. The first kappa shape index (κ1) is 19.6. The lowest BCUT2D eigenvalue weighted by Gasteiger charge is -2.31. The molecule has 8 heteroatoms. The summed E-state index contributed by atoms with van der Waals surface area (Å²) in [5, 5.41) is 2.69.